The van der Waals surface area contributed by atoms with Gasteiger partial charge in [0.15, 0.2) is 0 Å². The fourth-order valence-corrected chi connectivity index (χ4v) is 3.58. The molecule has 1 fully saturated rings. The molecule has 3 rings (SSSR count). The molecule has 0 saturated heterocycles. The van der Waals surface area contributed by atoms with E-state index >= 15 is 0 Å². The van der Waals surface area contributed by atoms with Crippen LogP contribution in [0, 0.1) is 24.7 Å². The Bertz CT molecular complexity index is 840. The monoisotopic (exact) mass is 345 g/mol. The molecule has 2 aromatic rings. The minimum absolute atomic E-state index is 0.732. The van der Waals surface area contributed by atoms with Crippen LogP contribution in [0.1, 0.15) is 60.8 Å². The van der Waals surface area contributed by atoms with Crippen LogP contribution >= 0.6 is 12.2 Å². The summed E-state index contributed by atoms with van der Waals surface area (Å²) < 4.78 is 0. The van der Waals surface area contributed by atoms with Crippen molar-refractivity contribution < 1.29 is 0 Å². The van der Waals surface area contributed by atoms with E-state index in [2.05, 4.69) is 65.4 Å². The maximum absolute atomic E-state index is 4.66. The molecule has 0 atom stereocenters. The Morgan fingerprint density at radius 2 is 1.56 bits per heavy atom. The van der Waals surface area contributed by atoms with Gasteiger partial charge in [-0.25, -0.2) is 0 Å². The fraction of sp³-hybridized carbons (Fsp3) is 0.348. The van der Waals surface area contributed by atoms with E-state index in [0.717, 1.165) is 34.2 Å². The van der Waals surface area contributed by atoms with Crippen LogP contribution in [0.3, 0.4) is 0 Å². The number of hydrogen-bond acceptors (Lipinski definition) is 2. The summed E-state index contributed by atoms with van der Waals surface area (Å²) in [5.41, 5.74) is 5.44. The third-order valence-electron chi connectivity index (χ3n) is 5.11. The van der Waals surface area contributed by atoms with Gasteiger partial charge >= 0.3 is 0 Å². The molecular formula is C23H23NS. The molecule has 0 radical (unpaired) electrons. The van der Waals surface area contributed by atoms with Crippen molar-refractivity contribution in [3.05, 3.63) is 64.7 Å². The predicted molar refractivity (Wildman–Crippen MR) is 109 cm³/mol. The Labute approximate surface area is 156 Å². The number of aryl methyl sites for hydroxylation is 1. The lowest BCUT2D eigenvalue weighted by Crippen LogP contribution is -2.10. The van der Waals surface area contributed by atoms with Gasteiger partial charge in [-0.1, -0.05) is 43.7 Å². The zero-order valence-electron chi connectivity index (χ0n) is 14.9. The Morgan fingerprint density at radius 1 is 0.920 bits per heavy atom. The third-order valence-corrected chi connectivity index (χ3v) is 5.20. The molecule has 1 nitrogen and oxygen atoms in total. The van der Waals surface area contributed by atoms with E-state index in [9.17, 15) is 0 Å². The Hall–Kier alpha value is -2.20. The quantitative estimate of drug-likeness (QED) is 0.347. The smallest absolute Gasteiger partial charge is 0.0769 e. The van der Waals surface area contributed by atoms with Gasteiger partial charge in [-0.15, -0.1) is 0 Å². The summed E-state index contributed by atoms with van der Waals surface area (Å²) in [7, 11) is 0. The maximum atomic E-state index is 4.66. The van der Waals surface area contributed by atoms with Crippen molar-refractivity contribution in [1.82, 2.24) is 0 Å². The van der Waals surface area contributed by atoms with Crippen LogP contribution in [0.2, 0.25) is 0 Å². The number of hydrogen-bond donors (Lipinski definition) is 0. The minimum Gasteiger partial charge on any atom is -0.194 e. The molecule has 126 valence electrons. The molecular weight excluding hydrogens is 322 g/mol. The van der Waals surface area contributed by atoms with Gasteiger partial charge in [-0.3, -0.25) is 0 Å². The highest BCUT2D eigenvalue weighted by Crippen LogP contribution is 2.35. The van der Waals surface area contributed by atoms with Crippen LogP contribution in [0.25, 0.3) is 0 Å². The van der Waals surface area contributed by atoms with E-state index < -0.39 is 0 Å². The van der Waals surface area contributed by atoms with Gasteiger partial charge in [0, 0.05) is 11.1 Å². The lowest BCUT2D eigenvalue weighted by atomic mass is 9.79. The second-order valence-electron chi connectivity index (χ2n) is 7.03. The van der Waals surface area contributed by atoms with Crippen LogP contribution in [-0.4, -0.2) is 5.16 Å². The number of isothiocyanates is 1. The average molecular weight is 346 g/mol. The summed E-state index contributed by atoms with van der Waals surface area (Å²) in [6.45, 7) is 4.38. The number of benzene rings is 2. The standard InChI is InChI=1S/C23H23NS/c1-17-3-10-21(11-4-17)22-12-7-19(8-13-22)5-6-20-9-14-23(24-16-25)18(2)15-20/h7-9,12-15,17,21H,3-4,10-11H2,1-2H3. The highest BCUT2D eigenvalue weighted by Gasteiger charge is 2.19. The first-order chi connectivity index (χ1) is 12.2. The van der Waals surface area contributed by atoms with Gasteiger partial charge in [0.05, 0.1) is 10.8 Å². The first-order valence-corrected chi connectivity index (χ1v) is 9.37. The first kappa shape index (κ1) is 17.6. The second kappa shape index (κ2) is 8.26. The van der Waals surface area contributed by atoms with Crippen molar-refractivity contribution in [3.8, 4) is 11.8 Å². The molecule has 0 aliphatic heterocycles. The number of rotatable bonds is 2. The van der Waals surface area contributed by atoms with Crippen LogP contribution in [0.15, 0.2) is 47.5 Å². The van der Waals surface area contributed by atoms with Crippen molar-refractivity contribution in [3.63, 3.8) is 0 Å². The summed E-state index contributed by atoms with van der Waals surface area (Å²) in [6.07, 6.45) is 5.35. The second-order valence-corrected chi connectivity index (χ2v) is 7.22. The van der Waals surface area contributed by atoms with Crippen LogP contribution in [-0.2, 0) is 0 Å². The number of thiocarbonyl (C=S) groups is 1. The van der Waals surface area contributed by atoms with Gasteiger partial charge in [-0.2, -0.15) is 4.99 Å². The van der Waals surface area contributed by atoms with Gasteiger partial charge in [-0.05, 0) is 85.3 Å². The lowest BCUT2D eigenvalue weighted by molar-refractivity contribution is 0.348. The van der Waals surface area contributed by atoms with Gasteiger partial charge < -0.3 is 0 Å². The van der Waals surface area contributed by atoms with Gasteiger partial charge in [0.25, 0.3) is 0 Å². The summed E-state index contributed by atoms with van der Waals surface area (Å²) in [5.74, 6) is 8.12. The molecule has 0 aromatic heterocycles. The first-order valence-electron chi connectivity index (χ1n) is 8.96. The molecule has 0 bridgehead atoms. The third kappa shape index (κ3) is 4.67. The zero-order chi connectivity index (χ0) is 17.6. The highest BCUT2D eigenvalue weighted by atomic mass is 32.1. The van der Waals surface area contributed by atoms with Gasteiger partial charge in [0.1, 0.15) is 0 Å². The summed E-state index contributed by atoms with van der Waals surface area (Å²) in [6, 6.07) is 14.8. The average Bonchev–Trinajstić information content (AvgIpc) is 2.63. The van der Waals surface area contributed by atoms with Crippen molar-refractivity contribution in [2.75, 3.05) is 0 Å². The van der Waals surface area contributed by atoms with Crippen LogP contribution in [0.4, 0.5) is 5.69 Å². The summed E-state index contributed by atoms with van der Waals surface area (Å²) in [5, 5.41) is 2.41. The van der Waals surface area contributed by atoms with Gasteiger partial charge in [0.2, 0.25) is 0 Å². The van der Waals surface area contributed by atoms with E-state index in [1.807, 2.05) is 25.1 Å². The molecule has 0 heterocycles. The molecule has 2 heteroatoms. The topological polar surface area (TPSA) is 12.4 Å². The maximum Gasteiger partial charge on any atom is 0.0769 e. The number of aliphatic imine (C=N–C) groups is 1. The van der Waals surface area contributed by atoms with E-state index in [1.165, 1.54) is 31.2 Å². The Kier molecular flexibility index (Phi) is 5.82. The Morgan fingerprint density at radius 3 is 2.20 bits per heavy atom. The Balaban J connectivity index is 1.71. The molecule has 0 spiro atoms. The summed E-state index contributed by atoms with van der Waals surface area (Å²) >= 11 is 4.66. The molecule has 0 amide bonds. The van der Waals surface area contributed by atoms with E-state index in [0.29, 0.717) is 0 Å². The van der Waals surface area contributed by atoms with E-state index in [1.54, 1.807) is 0 Å². The van der Waals surface area contributed by atoms with Crippen LogP contribution < -0.4 is 0 Å². The normalized spacial score (nSPS) is 19.4. The van der Waals surface area contributed by atoms with Crippen molar-refractivity contribution in [2.45, 2.75) is 45.4 Å². The molecule has 0 N–H and O–H groups in total. The molecule has 25 heavy (non-hydrogen) atoms. The predicted octanol–water partition coefficient (Wildman–Crippen LogP) is 6.42. The molecule has 1 saturated carbocycles. The zero-order valence-corrected chi connectivity index (χ0v) is 15.7. The fourth-order valence-electron chi connectivity index (χ4n) is 3.48. The van der Waals surface area contributed by atoms with Crippen LogP contribution in [0.5, 0.6) is 0 Å². The SMILES string of the molecule is Cc1cc(C#Cc2ccc(C3CCC(C)CC3)cc2)ccc1N=C=S. The highest BCUT2D eigenvalue weighted by molar-refractivity contribution is 7.78. The largest absolute Gasteiger partial charge is 0.194 e. The summed E-state index contributed by atoms with van der Waals surface area (Å²) in [4.78, 5) is 4.04. The molecule has 2 aromatic carbocycles. The van der Waals surface area contributed by atoms with Crippen molar-refractivity contribution >= 4 is 23.1 Å². The van der Waals surface area contributed by atoms with E-state index in [4.69, 9.17) is 0 Å². The lowest BCUT2D eigenvalue weighted by Gasteiger charge is -2.26. The number of nitrogens with zero attached hydrogens (tertiary/aromatic N) is 1. The molecule has 1 aliphatic rings. The van der Waals surface area contributed by atoms with E-state index in [-0.39, 0.29) is 0 Å². The molecule has 1 aliphatic carbocycles. The minimum atomic E-state index is 0.732. The van der Waals surface area contributed by atoms with Crippen molar-refractivity contribution in [1.29, 1.82) is 0 Å². The van der Waals surface area contributed by atoms with Crippen molar-refractivity contribution in [2.24, 2.45) is 10.9 Å². The molecule has 0 unspecified atom stereocenters.